The molecule has 1 N–H and O–H groups in total. The molecule has 13 heteroatoms. The zero-order valence-electron chi connectivity index (χ0n) is 33.1. The molecule has 4 aliphatic rings. The van der Waals surface area contributed by atoms with E-state index in [0.717, 1.165) is 38.5 Å². The molecule has 2 saturated heterocycles. The summed E-state index contributed by atoms with van der Waals surface area (Å²) >= 11 is 0. The van der Waals surface area contributed by atoms with Gasteiger partial charge >= 0.3 is 6.09 Å². The Bertz CT molecular complexity index is 1450. The predicted octanol–water partition coefficient (Wildman–Crippen LogP) is 5.67. The minimum absolute atomic E-state index is 0.0387. The molecule has 3 heterocycles. The van der Waals surface area contributed by atoms with E-state index in [0.29, 0.717) is 49.4 Å². The van der Waals surface area contributed by atoms with Crippen molar-refractivity contribution in [2.45, 2.75) is 130 Å². The summed E-state index contributed by atoms with van der Waals surface area (Å²) in [6.45, 7) is 17.5. The largest absolute Gasteiger partial charge is 0.476 e. The molecule has 0 bridgehead atoms. The van der Waals surface area contributed by atoms with Crippen molar-refractivity contribution in [2.75, 3.05) is 55.9 Å². The van der Waals surface area contributed by atoms with Crippen LogP contribution in [-0.4, -0.2) is 104 Å². The molecule has 0 spiro atoms. The lowest BCUT2D eigenvalue weighted by Gasteiger charge is -2.41. The first kappa shape index (κ1) is 40.8. The highest BCUT2D eigenvalue weighted by molar-refractivity contribution is 6.04. The van der Waals surface area contributed by atoms with Gasteiger partial charge in [0.15, 0.2) is 11.9 Å². The molecule has 1 aliphatic carbocycles. The number of amides is 4. The Kier molecular flexibility index (Phi) is 13.4. The summed E-state index contributed by atoms with van der Waals surface area (Å²) in [5.41, 5.74) is -0.622. The zero-order chi connectivity index (χ0) is 38.5. The molecular weight excluding hydrogens is 680 g/mol. The fourth-order valence-corrected chi connectivity index (χ4v) is 7.35. The molecule has 1 unspecified atom stereocenters. The summed E-state index contributed by atoms with van der Waals surface area (Å²) < 4.78 is 29.3. The maximum absolute atomic E-state index is 14.7. The highest BCUT2D eigenvalue weighted by Gasteiger charge is 2.45. The van der Waals surface area contributed by atoms with Crippen LogP contribution in [0.4, 0.5) is 16.2 Å². The van der Waals surface area contributed by atoms with E-state index in [1.54, 1.807) is 44.4 Å². The van der Waals surface area contributed by atoms with Gasteiger partial charge in [0, 0.05) is 44.6 Å². The summed E-state index contributed by atoms with van der Waals surface area (Å²) in [5.74, 6) is -0.969. The fraction of sp³-hybridized carbons (Fsp3) is 0.750. The van der Waals surface area contributed by atoms with Gasteiger partial charge in [-0.05, 0) is 111 Å². The molecule has 1 saturated carbocycles. The SMILES string of the molecule is CCOC[C@@H](CC(C)C)NC(=O)[C@H]1C[C@@H](C(=O)N(c2ccc3c(c2)N(CCOC2CCCCO2)C(=O)C(C)(C)O3)C2CC2)CN(C(=O)OC(C)(C)C)C1. The van der Waals surface area contributed by atoms with Crippen molar-refractivity contribution in [1.29, 1.82) is 0 Å². The lowest BCUT2D eigenvalue weighted by atomic mass is 9.87. The summed E-state index contributed by atoms with van der Waals surface area (Å²) in [6, 6.07) is 5.29. The number of likely N-dealkylation sites (tertiary alicyclic amines) is 1. The number of carbonyl (C=O) groups is 4. The topological polar surface area (TPSA) is 136 Å². The van der Waals surface area contributed by atoms with Crippen LogP contribution >= 0.6 is 0 Å². The van der Waals surface area contributed by atoms with Crippen molar-refractivity contribution in [2.24, 2.45) is 17.8 Å². The molecule has 4 atom stereocenters. The van der Waals surface area contributed by atoms with Gasteiger partial charge in [0.2, 0.25) is 11.8 Å². The smallest absolute Gasteiger partial charge is 0.410 e. The van der Waals surface area contributed by atoms with E-state index in [-0.39, 0.29) is 62.2 Å². The minimum atomic E-state index is -1.08. The van der Waals surface area contributed by atoms with E-state index in [2.05, 4.69) is 19.2 Å². The average molecular weight is 743 g/mol. The van der Waals surface area contributed by atoms with Gasteiger partial charge in [-0.15, -0.1) is 0 Å². The first-order valence-corrected chi connectivity index (χ1v) is 19.6. The molecule has 0 radical (unpaired) electrons. The number of anilines is 2. The Morgan fingerprint density at radius 2 is 1.81 bits per heavy atom. The number of piperidine rings is 1. The third-order valence-corrected chi connectivity index (χ3v) is 9.99. The van der Waals surface area contributed by atoms with Crippen LogP contribution in [0, 0.1) is 17.8 Å². The van der Waals surface area contributed by atoms with Crippen molar-refractivity contribution >= 4 is 35.2 Å². The first-order chi connectivity index (χ1) is 25.1. The second-order valence-corrected chi connectivity index (χ2v) is 16.8. The molecule has 0 aromatic heterocycles. The number of hydrogen-bond donors (Lipinski definition) is 1. The predicted molar refractivity (Wildman–Crippen MR) is 201 cm³/mol. The van der Waals surface area contributed by atoms with Crippen molar-refractivity contribution in [3.05, 3.63) is 18.2 Å². The quantitative estimate of drug-likeness (QED) is 0.256. The molecule has 3 aliphatic heterocycles. The highest BCUT2D eigenvalue weighted by Crippen LogP contribution is 2.43. The van der Waals surface area contributed by atoms with Crippen LogP contribution in [0.3, 0.4) is 0 Å². The van der Waals surface area contributed by atoms with E-state index in [9.17, 15) is 19.2 Å². The van der Waals surface area contributed by atoms with Gasteiger partial charge in [-0.25, -0.2) is 4.79 Å². The molecule has 53 heavy (non-hydrogen) atoms. The van der Waals surface area contributed by atoms with Crippen LogP contribution in [0.15, 0.2) is 18.2 Å². The molecule has 1 aromatic rings. The number of hydrogen-bond acceptors (Lipinski definition) is 9. The van der Waals surface area contributed by atoms with E-state index in [4.69, 9.17) is 23.7 Å². The molecule has 3 fully saturated rings. The van der Waals surface area contributed by atoms with Gasteiger partial charge in [-0.2, -0.15) is 0 Å². The Balaban J connectivity index is 1.39. The molecule has 296 valence electrons. The van der Waals surface area contributed by atoms with Crippen LogP contribution in [0.5, 0.6) is 5.75 Å². The number of rotatable bonds is 14. The lowest BCUT2D eigenvalue weighted by molar-refractivity contribution is -0.161. The summed E-state index contributed by atoms with van der Waals surface area (Å²) in [7, 11) is 0. The van der Waals surface area contributed by atoms with Crippen molar-refractivity contribution in [3.63, 3.8) is 0 Å². The summed E-state index contributed by atoms with van der Waals surface area (Å²) in [6.07, 6.45) is 4.72. The second kappa shape index (κ2) is 17.4. The Morgan fingerprint density at radius 3 is 2.45 bits per heavy atom. The average Bonchev–Trinajstić information content (AvgIpc) is 3.93. The van der Waals surface area contributed by atoms with Crippen LogP contribution in [0.1, 0.15) is 100 Å². The maximum Gasteiger partial charge on any atom is 0.410 e. The Morgan fingerprint density at radius 1 is 1.08 bits per heavy atom. The number of benzene rings is 1. The van der Waals surface area contributed by atoms with Crippen LogP contribution in [0.25, 0.3) is 0 Å². The van der Waals surface area contributed by atoms with Gasteiger partial charge in [0.05, 0.1) is 36.8 Å². The van der Waals surface area contributed by atoms with Crippen LogP contribution < -0.4 is 19.9 Å². The van der Waals surface area contributed by atoms with Gasteiger partial charge in [0.1, 0.15) is 11.4 Å². The number of nitrogens with zero attached hydrogens (tertiary/aromatic N) is 3. The van der Waals surface area contributed by atoms with Crippen molar-refractivity contribution in [3.8, 4) is 5.75 Å². The Hall–Kier alpha value is -3.42. The maximum atomic E-state index is 14.7. The first-order valence-electron chi connectivity index (χ1n) is 19.6. The molecule has 4 amide bonds. The standard InChI is InChI=1S/C40H62N4O9/c1-9-49-25-29(20-26(2)3)41-35(45)27-21-28(24-42(23-27)38(48)53-39(4,5)6)36(46)44(30-13-14-30)31-15-16-33-32(22-31)43(37(47)40(7,8)52-33)17-19-51-34-12-10-11-18-50-34/h15-16,22,26-30,34H,9-14,17-21,23-25H2,1-8H3,(H,41,45)/t27-,28+,29+,34?/m0/s1. The molecule has 5 rings (SSSR count). The van der Waals surface area contributed by atoms with Crippen LogP contribution in [-0.2, 0) is 33.3 Å². The van der Waals surface area contributed by atoms with Gasteiger partial charge in [-0.3, -0.25) is 14.4 Å². The van der Waals surface area contributed by atoms with E-state index in [1.165, 1.54) is 4.90 Å². The molecule has 1 aromatic carbocycles. The number of carbonyl (C=O) groups excluding carboxylic acids is 4. The number of ether oxygens (including phenoxy) is 5. The normalized spacial score (nSPS) is 23.6. The third kappa shape index (κ3) is 10.8. The van der Waals surface area contributed by atoms with Crippen molar-refractivity contribution in [1.82, 2.24) is 10.2 Å². The van der Waals surface area contributed by atoms with Crippen LogP contribution in [0.2, 0.25) is 0 Å². The van der Waals surface area contributed by atoms with Gasteiger partial charge in [0.25, 0.3) is 5.91 Å². The lowest BCUT2D eigenvalue weighted by Crippen LogP contribution is -2.55. The third-order valence-electron chi connectivity index (χ3n) is 9.99. The second-order valence-electron chi connectivity index (χ2n) is 16.8. The zero-order valence-corrected chi connectivity index (χ0v) is 33.1. The van der Waals surface area contributed by atoms with E-state index >= 15 is 0 Å². The molecular formula is C40H62N4O9. The summed E-state index contributed by atoms with van der Waals surface area (Å²) in [4.78, 5) is 60.8. The van der Waals surface area contributed by atoms with Gasteiger partial charge in [-0.1, -0.05) is 13.8 Å². The minimum Gasteiger partial charge on any atom is -0.476 e. The molecule has 13 nitrogen and oxygen atoms in total. The monoisotopic (exact) mass is 742 g/mol. The fourth-order valence-electron chi connectivity index (χ4n) is 7.35. The van der Waals surface area contributed by atoms with E-state index < -0.39 is 29.1 Å². The number of fused-ring (bicyclic) bond motifs is 1. The van der Waals surface area contributed by atoms with E-state index in [1.807, 2.05) is 25.1 Å². The number of nitrogens with one attached hydrogen (secondary N) is 1. The summed E-state index contributed by atoms with van der Waals surface area (Å²) in [5, 5.41) is 3.17. The van der Waals surface area contributed by atoms with Crippen molar-refractivity contribution < 1.29 is 42.9 Å². The highest BCUT2D eigenvalue weighted by atomic mass is 16.7. The Labute approximate surface area is 315 Å². The van der Waals surface area contributed by atoms with Gasteiger partial charge < -0.3 is 43.7 Å².